The first-order chi connectivity index (χ1) is 9.58. The zero-order chi connectivity index (χ0) is 14.7. The van der Waals surface area contributed by atoms with Gasteiger partial charge in [-0.05, 0) is 18.1 Å². The molecule has 0 aliphatic rings. The number of rotatable bonds is 6. The van der Waals surface area contributed by atoms with Crippen LogP contribution in [0.1, 0.15) is 12.7 Å². The second kappa shape index (κ2) is 6.50. The number of aromatic nitrogens is 2. The fourth-order valence-electron chi connectivity index (χ4n) is 2.33. The second-order valence-corrected chi connectivity index (χ2v) is 5.25. The van der Waals surface area contributed by atoms with E-state index in [1.165, 1.54) is 6.07 Å². The Balaban J connectivity index is 2.51. The smallest absolute Gasteiger partial charge is 0.184 e. The van der Waals surface area contributed by atoms with Crippen molar-refractivity contribution >= 4 is 22.6 Å². The molecule has 1 unspecified atom stereocenters. The highest BCUT2D eigenvalue weighted by Gasteiger charge is 2.18. The Morgan fingerprint density at radius 3 is 2.80 bits per heavy atom. The number of methoxy groups -OCH3 is 1. The van der Waals surface area contributed by atoms with E-state index in [9.17, 15) is 8.78 Å². The van der Waals surface area contributed by atoms with Gasteiger partial charge in [0.25, 0.3) is 0 Å². The van der Waals surface area contributed by atoms with E-state index in [2.05, 4.69) is 4.98 Å². The van der Waals surface area contributed by atoms with Crippen LogP contribution in [0, 0.1) is 17.6 Å². The van der Waals surface area contributed by atoms with Crippen LogP contribution in [0.2, 0.25) is 0 Å². The molecule has 0 saturated heterocycles. The van der Waals surface area contributed by atoms with E-state index in [-0.39, 0.29) is 11.4 Å². The number of alkyl halides is 1. The Bertz CT molecular complexity index is 600. The first-order valence-corrected chi connectivity index (χ1v) is 7.00. The summed E-state index contributed by atoms with van der Waals surface area (Å²) in [5.41, 5.74) is 0.654. The molecule has 0 spiro atoms. The predicted octanol–water partition coefficient (Wildman–Crippen LogP) is 3.38. The average molecular weight is 303 g/mol. The number of hydrogen-bond acceptors (Lipinski definition) is 2. The van der Waals surface area contributed by atoms with Gasteiger partial charge in [0.2, 0.25) is 0 Å². The summed E-state index contributed by atoms with van der Waals surface area (Å²) in [4.78, 5) is 4.35. The molecule has 0 aliphatic carbocycles. The maximum Gasteiger partial charge on any atom is 0.184 e. The van der Waals surface area contributed by atoms with Gasteiger partial charge in [-0.2, -0.15) is 0 Å². The van der Waals surface area contributed by atoms with Crippen LogP contribution in [-0.2, 0) is 17.7 Å². The largest absolute Gasteiger partial charge is 0.384 e. The molecule has 6 heteroatoms. The Kier molecular flexibility index (Phi) is 4.94. The monoisotopic (exact) mass is 302 g/mol. The van der Waals surface area contributed by atoms with Gasteiger partial charge >= 0.3 is 0 Å². The molecule has 0 amide bonds. The van der Waals surface area contributed by atoms with Gasteiger partial charge in [0, 0.05) is 26.0 Å². The average Bonchev–Trinajstić information content (AvgIpc) is 2.74. The van der Waals surface area contributed by atoms with Crippen molar-refractivity contribution < 1.29 is 13.5 Å². The van der Waals surface area contributed by atoms with E-state index in [0.717, 1.165) is 6.07 Å². The van der Waals surface area contributed by atoms with E-state index >= 15 is 0 Å². The molecule has 0 saturated carbocycles. The molecule has 2 rings (SSSR count). The zero-order valence-corrected chi connectivity index (χ0v) is 12.3. The van der Waals surface area contributed by atoms with Crippen LogP contribution >= 0.6 is 11.6 Å². The molecule has 110 valence electrons. The van der Waals surface area contributed by atoms with Gasteiger partial charge < -0.3 is 9.30 Å². The maximum absolute atomic E-state index is 14.0. The topological polar surface area (TPSA) is 27.1 Å². The number of nitrogens with zero attached hydrogens (tertiary/aromatic N) is 2. The lowest BCUT2D eigenvalue weighted by atomic mass is 10.2. The summed E-state index contributed by atoms with van der Waals surface area (Å²) in [6.07, 6.45) is 0.511. The number of benzene rings is 1. The Morgan fingerprint density at radius 1 is 1.40 bits per heavy atom. The molecule has 1 heterocycles. The van der Waals surface area contributed by atoms with Crippen LogP contribution < -0.4 is 0 Å². The van der Waals surface area contributed by atoms with Gasteiger partial charge in [-0.15, -0.1) is 11.6 Å². The first kappa shape index (κ1) is 15.2. The normalized spacial score (nSPS) is 13.1. The molecule has 20 heavy (non-hydrogen) atoms. The fourth-order valence-corrected chi connectivity index (χ4v) is 2.50. The highest BCUT2D eigenvalue weighted by atomic mass is 35.5. The number of halogens is 3. The van der Waals surface area contributed by atoms with Gasteiger partial charge in [-0.3, -0.25) is 0 Å². The van der Waals surface area contributed by atoms with Crippen molar-refractivity contribution in [2.75, 3.05) is 19.6 Å². The quantitative estimate of drug-likeness (QED) is 0.765. The third-order valence-corrected chi connectivity index (χ3v) is 3.33. The molecule has 0 fully saturated rings. The summed E-state index contributed by atoms with van der Waals surface area (Å²) in [6.45, 7) is 3.03. The van der Waals surface area contributed by atoms with Crippen molar-refractivity contribution in [1.29, 1.82) is 0 Å². The van der Waals surface area contributed by atoms with Crippen LogP contribution in [0.5, 0.6) is 0 Å². The summed E-state index contributed by atoms with van der Waals surface area (Å²) in [5.74, 6) is -0.515. The molecule has 0 bridgehead atoms. The summed E-state index contributed by atoms with van der Waals surface area (Å²) >= 11 is 5.76. The van der Waals surface area contributed by atoms with Crippen molar-refractivity contribution in [1.82, 2.24) is 9.55 Å². The molecule has 1 atom stereocenters. The third kappa shape index (κ3) is 2.94. The number of aryl methyl sites for hydroxylation is 1. The lowest BCUT2D eigenvalue weighted by Crippen LogP contribution is -2.15. The summed E-state index contributed by atoms with van der Waals surface area (Å²) in [6, 6.07) is 2.58. The Morgan fingerprint density at radius 2 is 2.15 bits per heavy atom. The minimum Gasteiger partial charge on any atom is -0.384 e. The standard InChI is InChI=1S/C14H17ClF2N2O/c1-9(8-20-2)7-19-12(5-6-15)18-11-4-3-10(16)13(17)14(11)19/h3-4,9H,5-8H2,1-2H3. The molecular weight excluding hydrogens is 286 g/mol. The van der Waals surface area contributed by atoms with Gasteiger partial charge in [-0.1, -0.05) is 6.92 Å². The molecule has 0 aliphatic heterocycles. The van der Waals surface area contributed by atoms with Crippen molar-refractivity contribution in [2.24, 2.45) is 5.92 Å². The van der Waals surface area contributed by atoms with Crippen LogP contribution in [0.4, 0.5) is 8.78 Å². The highest BCUT2D eigenvalue weighted by molar-refractivity contribution is 6.17. The zero-order valence-electron chi connectivity index (χ0n) is 11.5. The second-order valence-electron chi connectivity index (χ2n) is 4.87. The predicted molar refractivity (Wildman–Crippen MR) is 75.1 cm³/mol. The van der Waals surface area contributed by atoms with E-state index in [1.807, 2.05) is 6.92 Å². The molecule has 1 aromatic carbocycles. The highest BCUT2D eigenvalue weighted by Crippen LogP contribution is 2.23. The summed E-state index contributed by atoms with van der Waals surface area (Å²) < 4.78 is 34.3. The molecule has 0 N–H and O–H groups in total. The Labute approximate surface area is 121 Å². The van der Waals surface area contributed by atoms with Crippen LogP contribution in [0.15, 0.2) is 12.1 Å². The molecule has 1 aromatic heterocycles. The number of ether oxygens (including phenoxy) is 1. The van der Waals surface area contributed by atoms with Crippen LogP contribution in [0.3, 0.4) is 0 Å². The van der Waals surface area contributed by atoms with Crippen molar-refractivity contribution in [2.45, 2.75) is 19.9 Å². The van der Waals surface area contributed by atoms with E-state index < -0.39 is 11.6 Å². The van der Waals surface area contributed by atoms with Crippen LogP contribution in [0.25, 0.3) is 11.0 Å². The van der Waals surface area contributed by atoms with E-state index in [1.54, 1.807) is 11.7 Å². The van der Waals surface area contributed by atoms with Gasteiger partial charge in [0.1, 0.15) is 11.3 Å². The van der Waals surface area contributed by atoms with E-state index in [0.29, 0.717) is 36.8 Å². The van der Waals surface area contributed by atoms with Crippen molar-refractivity contribution in [3.8, 4) is 0 Å². The fraction of sp³-hybridized carbons (Fsp3) is 0.500. The van der Waals surface area contributed by atoms with Gasteiger partial charge in [0.15, 0.2) is 11.6 Å². The lowest BCUT2D eigenvalue weighted by molar-refractivity contribution is 0.151. The minimum absolute atomic E-state index is 0.161. The molecule has 3 nitrogen and oxygen atoms in total. The Hall–Kier alpha value is -1.20. The van der Waals surface area contributed by atoms with Crippen LogP contribution in [-0.4, -0.2) is 29.1 Å². The van der Waals surface area contributed by atoms with E-state index in [4.69, 9.17) is 16.3 Å². The SMILES string of the molecule is COCC(C)Cn1c(CCCl)nc2ccc(F)c(F)c21. The first-order valence-electron chi connectivity index (χ1n) is 6.46. The molecule has 0 radical (unpaired) electrons. The van der Waals surface area contributed by atoms with Gasteiger partial charge in [-0.25, -0.2) is 13.8 Å². The van der Waals surface area contributed by atoms with Crippen molar-refractivity contribution in [3.63, 3.8) is 0 Å². The minimum atomic E-state index is -0.865. The summed E-state index contributed by atoms with van der Waals surface area (Å²) in [5, 5.41) is 0. The summed E-state index contributed by atoms with van der Waals surface area (Å²) in [7, 11) is 1.61. The third-order valence-electron chi connectivity index (χ3n) is 3.14. The molecular formula is C14H17ClF2N2O. The number of imidazole rings is 1. The number of fused-ring (bicyclic) bond motifs is 1. The number of hydrogen-bond donors (Lipinski definition) is 0. The van der Waals surface area contributed by atoms with Gasteiger partial charge in [0.05, 0.1) is 12.1 Å². The lowest BCUT2D eigenvalue weighted by Gasteiger charge is -2.14. The molecule has 2 aromatic rings. The maximum atomic E-state index is 14.0. The van der Waals surface area contributed by atoms with Crippen molar-refractivity contribution in [3.05, 3.63) is 29.6 Å².